The summed E-state index contributed by atoms with van der Waals surface area (Å²) >= 11 is 1.69. The number of nitrogens with zero attached hydrogens (tertiary/aromatic N) is 4. The highest BCUT2D eigenvalue weighted by atomic mass is 35.5. The maximum Gasteiger partial charge on any atom is 0.264 e. The van der Waals surface area contributed by atoms with Crippen LogP contribution in [0, 0.1) is 0 Å². The number of benzene rings is 3. The third kappa shape index (κ3) is 6.19. The Hall–Kier alpha value is -3.38. The minimum absolute atomic E-state index is 0. The number of carbonyl (C=O) groups is 1. The van der Waals surface area contributed by atoms with Gasteiger partial charge in [0, 0.05) is 51.4 Å². The van der Waals surface area contributed by atoms with E-state index in [9.17, 15) is 13.2 Å². The van der Waals surface area contributed by atoms with Gasteiger partial charge in [-0.05, 0) is 67.4 Å². The molecular formula is C30H34ClN5O4S2. The Morgan fingerprint density at radius 1 is 1.00 bits per heavy atom. The molecule has 6 rings (SSSR count). The summed E-state index contributed by atoms with van der Waals surface area (Å²) in [5.74, 6) is 0.663. The molecule has 2 aliphatic heterocycles. The molecule has 0 saturated carbocycles. The van der Waals surface area contributed by atoms with Crippen LogP contribution in [-0.4, -0.2) is 76.6 Å². The molecule has 1 amide bonds. The van der Waals surface area contributed by atoms with Gasteiger partial charge >= 0.3 is 0 Å². The van der Waals surface area contributed by atoms with E-state index in [1.165, 1.54) is 16.4 Å². The first-order valence-corrected chi connectivity index (χ1v) is 16.2. The van der Waals surface area contributed by atoms with Crippen LogP contribution in [0.3, 0.4) is 0 Å². The quantitative estimate of drug-likeness (QED) is 0.294. The molecular weight excluding hydrogens is 594 g/mol. The van der Waals surface area contributed by atoms with Crippen LogP contribution in [0.5, 0.6) is 5.75 Å². The number of para-hydroxylation sites is 1. The van der Waals surface area contributed by atoms with Gasteiger partial charge in [-0.15, -0.1) is 12.4 Å². The van der Waals surface area contributed by atoms with E-state index in [4.69, 9.17) is 9.72 Å². The second kappa shape index (κ2) is 12.9. The molecule has 1 aromatic heterocycles. The Morgan fingerprint density at radius 2 is 1.76 bits per heavy atom. The Bertz CT molecular complexity index is 1650. The first-order valence-electron chi connectivity index (χ1n) is 13.9. The second-order valence-corrected chi connectivity index (χ2v) is 13.0. The summed E-state index contributed by atoms with van der Waals surface area (Å²) in [6.45, 7) is 7.85. The number of ether oxygens (including phenoxy) is 1. The number of amides is 1. The lowest BCUT2D eigenvalue weighted by Crippen LogP contribution is -2.48. The predicted octanol–water partition coefficient (Wildman–Crippen LogP) is 4.42. The van der Waals surface area contributed by atoms with Crippen LogP contribution in [0.15, 0.2) is 71.6 Å². The van der Waals surface area contributed by atoms with Crippen LogP contribution in [0.4, 0.5) is 10.8 Å². The predicted molar refractivity (Wildman–Crippen MR) is 170 cm³/mol. The van der Waals surface area contributed by atoms with Crippen LogP contribution in [-0.2, 0) is 16.4 Å². The van der Waals surface area contributed by atoms with Gasteiger partial charge in [-0.1, -0.05) is 29.5 Å². The van der Waals surface area contributed by atoms with Crippen LogP contribution in [0.25, 0.3) is 10.2 Å². The van der Waals surface area contributed by atoms with Crippen LogP contribution < -0.4 is 19.3 Å². The van der Waals surface area contributed by atoms with Gasteiger partial charge in [0.1, 0.15) is 5.75 Å². The maximum atomic E-state index is 13.2. The zero-order valence-corrected chi connectivity index (χ0v) is 25.8. The number of anilines is 2. The number of sulfonamides is 1. The van der Waals surface area contributed by atoms with E-state index in [1.807, 2.05) is 43.3 Å². The molecule has 0 unspecified atom stereocenters. The van der Waals surface area contributed by atoms with Gasteiger partial charge in [0.2, 0.25) is 0 Å². The van der Waals surface area contributed by atoms with Gasteiger partial charge in [-0.2, -0.15) is 0 Å². The fourth-order valence-corrected chi connectivity index (χ4v) is 7.89. The molecule has 0 spiro atoms. The highest BCUT2D eigenvalue weighted by Crippen LogP contribution is 2.33. The molecule has 3 heterocycles. The van der Waals surface area contributed by atoms with Gasteiger partial charge in [0.15, 0.2) is 5.13 Å². The van der Waals surface area contributed by atoms with Gasteiger partial charge in [-0.25, -0.2) is 13.4 Å². The number of hydrogen-bond acceptors (Lipinski definition) is 8. The minimum Gasteiger partial charge on any atom is -0.494 e. The number of rotatable bonds is 9. The standard InChI is InChI=1S/C30H33N5O4S2.ClH/c1-2-39-24-9-12-26-28(21-24)40-30(32-26)34-19-17-33(18-20-34)16-14-31-29(36)23-7-10-25(11-8-23)41(37,38)35-15-13-22-5-3-4-6-27(22)35;/h3-12,21H,2,13-20H2,1H3,(H,31,36);1H. The van der Waals surface area contributed by atoms with E-state index in [2.05, 4.69) is 21.2 Å². The number of halogens is 1. The van der Waals surface area contributed by atoms with Crippen molar-refractivity contribution in [1.29, 1.82) is 0 Å². The van der Waals surface area contributed by atoms with Crippen molar-refractivity contribution in [2.45, 2.75) is 18.2 Å². The van der Waals surface area contributed by atoms with Crippen molar-refractivity contribution in [1.82, 2.24) is 15.2 Å². The Balaban J connectivity index is 0.00000353. The molecule has 0 aliphatic carbocycles. The third-order valence-electron chi connectivity index (χ3n) is 7.57. The lowest BCUT2D eigenvalue weighted by molar-refractivity contribution is 0.0947. The summed E-state index contributed by atoms with van der Waals surface area (Å²) in [5.41, 5.74) is 3.19. The number of hydrogen-bond donors (Lipinski definition) is 1. The number of thiazole rings is 1. The number of nitrogens with one attached hydrogen (secondary N) is 1. The topological polar surface area (TPSA) is 95.1 Å². The zero-order chi connectivity index (χ0) is 28.4. The van der Waals surface area contributed by atoms with Crippen molar-refractivity contribution < 1.29 is 17.9 Å². The molecule has 2 aliphatic rings. The second-order valence-electron chi connectivity index (χ2n) is 10.1. The maximum absolute atomic E-state index is 13.2. The summed E-state index contributed by atoms with van der Waals surface area (Å²) in [5, 5.41) is 4.00. The van der Waals surface area contributed by atoms with Gasteiger partial charge < -0.3 is 15.0 Å². The normalized spacial score (nSPS) is 15.4. The van der Waals surface area contributed by atoms with Gasteiger partial charge in [-0.3, -0.25) is 14.0 Å². The molecule has 42 heavy (non-hydrogen) atoms. The molecule has 0 atom stereocenters. The average Bonchev–Trinajstić information content (AvgIpc) is 3.62. The molecule has 3 aromatic carbocycles. The van der Waals surface area contributed by atoms with Crippen molar-refractivity contribution >= 4 is 60.7 Å². The fourth-order valence-electron chi connectivity index (χ4n) is 5.34. The number of fused-ring (bicyclic) bond motifs is 2. The SMILES string of the molecule is CCOc1ccc2nc(N3CCN(CCNC(=O)c4ccc(S(=O)(=O)N5CCc6ccccc65)cc4)CC3)sc2c1.Cl. The lowest BCUT2D eigenvalue weighted by Gasteiger charge is -2.34. The van der Waals surface area contributed by atoms with Crippen molar-refractivity contribution in [3.8, 4) is 5.75 Å². The number of carbonyl (C=O) groups excluding carboxylic acids is 1. The van der Waals surface area contributed by atoms with E-state index in [0.717, 1.165) is 65.1 Å². The molecule has 1 saturated heterocycles. The molecule has 1 fully saturated rings. The van der Waals surface area contributed by atoms with Crippen LogP contribution in [0.1, 0.15) is 22.8 Å². The first-order chi connectivity index (χ1) is 19.9. The van der Waals surface area contributed by atoms with Crippen molar-refractivity contribution in [2.75, 3.05) is 61.6 Å². The fraction of sp³-hybridized carbons (Fsp3) is 0.333. The van der Waals surface area contributed by atoms with Gasteiger partial charge in [0.25, 0.3) is 15.9 Å². The first kappa shape index (κ1) is 30.1. The number of aromatic nitrogens is 1. The average molecular weight is 628 g/mol. The van der Waals surface area contributed by atoms with Crippen molar-refractivity contribution in [3.63, 3.8) is 0 Å². The zero-order valence-electron chi connectivity index (χ0n) is 23.4. The van der Waals surface area contributed by atoms with E-state index < -0.39 is 10.0 Å². The van der Waals surface area contributed by atoms with E-state index in [0.29, 0.717) is 31.7 Å². The summed E-state index contributed by atoms with van der Waals surface area (Å²) < 4.78 is 34.7. The minimum atomic E-state index is -3.68. The molecule has 0 bridgehead atoms. The summed E-state index contributed by atoms with van der Waals surface area (Å²) in [4.78, 5) is 22.4. The third-order valence-corrected chi connectivity index (χ3v) is 10.5. The molecule has 4 aromatic rings. The highest BCUT2D eigenvalue weighted by Gasteiger charge is 2.30. The number of piperazine rings is 1. The Morgan fingerprint density at radius 3 is 2.52 bits per heavy atom. The van der Waals surface area contributed by atoms with E-state index >= 15 is 0 Å². The molecule has 0 radical (unpaired) electrons. The largest absolute Gasteiger partial charge is 0.494 e. The Labute approximate surface area is 256 Å². The summed E-state index contributed by atoms with van der Waals surface area (Å²) in [7, 11) is -3.68. The Kier molecular flexibility index (Phi) is 9.22. The summed E-state index contributed by atoms with van der Waals surface area (Å²) in [6.07, 6.45) is 0.697. The van der Waals surface area contributed by atoms with E-state index in [-0.39, 0.29) is 23.2 Å². The molecule has 1 N–H and O–H groups in total. The lowest BCUT2D eigenvalue weighted by atomic mass is 10.2. The smallest absolute Gasteiger partial charge is 0.264 e. The molecule has 222 valence electrons. The van der Waals surface area contributed by atoms with Crippen molar-refractivity contribution in [2.24, 2.45) is 0 Å². The van der Waals surface area contributed by atoms with E-state index in [1.54, 1.807) is 23.5 Å². The van der Waals surface area contributed by atoms with Crippen LogP contribution >= 0.6 is 23.7 Å². The van der Waals surface area contributed by atoms with Crippen molar-refractivity contribution in [3.05, 3.63) is 77.9 Å². The summed E-state index contributed by atoms with van der Waals surface area (Å²) in [6, 6.07) is 19.8. The highest BCUT2D eigenvalue weighted by molar-refractivity contribution is 7.92. The monoisotopic (exact) mass is 627 g/mol. The van der Waals surface area contributed by atoms with Crippen LogP contribution in [0.2, 0.25) is 0 Å². The molecule has 12 heteroatoms. The molecule has 9 nitrogen and oxygen atoms in total. The van der Waals surface area contributed by atoms with Gasteiger partial charge in [0.05, 0.1) is 27.4 Å².